The number of hydrogen-bond acceptors (Lipinski definition) is 8. The number of non-ortho nitro benzene ring substituents is 1. The van der Waals surface area contributed by atoms with Crippen molar-refractivity contribution >= 4 is 23.0 Å². The summed E-state index contributed by atoms with van der Waals surface area (Å²) in [5, 5.41) is 21.0. The van der Waals surface area contributed by atoms with Gasteiger partial charge in [-0.3, -0.25) is 10.1 Å². The van der Waals surface area contributed by atoms with Crippen LogP contribution in [-0.2, 0) is 0 Å². The maximum absolute atomic E-state index is 10.8. The second-order valence-corrected chi connectivity index (χ2v) is 6.23. The van der Waals surface area contributed by atoms with Gasteiger partial charge in [0, 0.05) is 34.2 Å². The SMILES string of the molecule is Nc1nnc(-c2cccc(-c3nc(-c4ccc([N+](=O)[O-])cc4)cs3)c2)o1. The second kappa shape index (κ2) is 6.37. The van der Waals surface area contributed by atoms with Crippen LogP contribution in [0.3, 0.4) is 0 Å². The molecule has 0 bridgehead atoms. The van der Waals surface area contributed by atoms with Crippen LogP contribution in [0.25, 0.3) is 33.3 Å². The number of anilines is 1. The highest BCUT2D eigenvalue weighted by molar-refractivity contribution is 7.13. The van der Waals surface area contributed by atoms with Crippen molar-refractivity contribution in [3.05, 3.63) is 64.0 Å². The lowest BCUT2D eigenvalue weighted by atomic mass is 10.1. The van der Waals surface area contributed by atoms with Crippen LogP contribution in [0.2, 0.25) is 0 Å². The van der Waals surface area contributed by atoms with Crippen molar-refractivity contribution in [1.29, 1.82) is 0 Å². The first kappa shape index (κ1) is 15.9. The minimum Gasteiger partial charge on any atom is -0.404 e. The predicted octanol–water partition coefficient (Wildman–Crippen LogP) is 4.02. The minimum atomic E-state index is -0.425. The fourth-order valence-electron chi connectivity index (χ4n) is 2.43. The molecule has 0 radical (unpaired) electrons. The van der Waals surface area contributed by atoms with Crippen LogP contribution in [0.5, 0.6) is 0 Å². The van der Waals surface area contributed by atoms with Crippen molar-refractivity contribution in [2.24, 2.45) is 0 Å². The van der Waals surface area contributed by atoms with Gasteiger partial charge in [0.1, 0.15) is 5.01 Å². The zero-order valence-corrected chi connectivity index (χ0v) is 14.0. The fraction of sp³-hybridized carbons (Fsp3) is 0. The van der Waals surface area contributed by atoms with Crippen molar-refractivity contribution < 1.29 is 9.34 Å². The number of nitro groups is 1. The zero-order chi connectivity index (χ0) is 18.1. The van der Waals surface area contributed by atoms with E-state index in [0.717, 1.165) is 27.4 Å². The van der Waals surface area contributed by atoms with Gasteiger partial charge >= 0.3 is 6.01 Å². The number of nitrogens with two attached hydrogens (primary N) is 1. The summed E-state index contributed by atoms with van der Waals surface area (Å²) >= 11 is 1.48. The van der Waals surface area contributed by atoms with Crippen molar-refractivity contribution in [1.82, 2.24) is 15.2 Å². The quantitative estimate of drug-likeness (QED) is 0.428. The van der Waals surface area contributed by atoms with E-state index in [-0.39, 0.29) is 11.7 Å². The second-order valence-electron chi connectivity index (χ2n) is 5.37. The van der Waals surface area contributed by atoms with Gasteiger partial charge in [-0.1, -0.05) is 17.2 Å². The summed E-state index contributed by atoms with van der Waals surface area (Å²) in [6.45, 7) is 0. The number of nitrogen functional groups attached to an aromatic ring is 1. The fourth-order valence-corrected chi connectivity index (χ4v) is 3.26. The van der Waals surface area contributed by atoms with Gasteiger partial charge in [-0.25, -0.2) is 4.98 Å². The molecule has 0 aliphatic rings. The third-order valence-electron chi connectivity index (χ3n) is 3.68. The topological polar surface area (TPSA) is 121 Å². The monoisotopic (exact) mass is 365 g/mol. The average molecular weight is 365 g/mol. The zero-order valence-electron chi connectivity index (χ0n) is 13.2. The van der Waals surface area contributed by atoms with Crippen molar-refractivity contribution in [2.45, 2.75) is 0 Å². The molecule has 0 saturated carbocycles. The van der Waals surface area contributed by atoms with Gasteiger partial charge in [0.2, 0.25) is 5.89 Å². The van der Waals surface area contributed by atoms with Crippen LogP contribution >= 0.6 is 11.3 Å². The summed E-state index contributed by atoms with van der Waals surface area (Å²) in [5.41, 5.74) is 8.75. The number of benzene rings is 2. The maximum atomic E-state index is 10.8. The van der Waals surface area contributed by atoms with Crippen LogP contribution < -0.4 is 5.73 Å². The Labute approximate surface area is 151 Å². The summed E-state index contributed by atoms with van der Waals surface area (Å²) in [7, 11) is 0. The molecule has 2 aromatic heterocycles. The molecule has 0 spiro atoms. The first-order chi connectivity index (χ1) is 12.6. The highest BCUT2D eigenvalue weighted by atomic mass is 32.1. The molecule has 4 aromatic rings. The van der Waals surface area contributed by atoms with E-state index in [0.29, 0.717) is 5.89 Å². The van der Waals surface area contributed by atoms with E-state index in [9.17, 15) is 10.1 Å². The lowest BCUT2D eigenvalue weighted by Gasteiger charge is -1.99. The van der Waals surface area contributed by atoms with Gasteiger partial charge in [0.05, 0.1) is 10.6 Å². The number of thiazole rings is 1. The van der Waals surface area contributed by atoms with E-state index in [1.165, 1.54) is 23.5 Å². The molecule has 0 atom stereocenters. The van der Waals surface area contributed by atoms with E-state index in [1.54, 1.807) is 12.1 Å². The Morgan fingerprint density at radius 3 is 2.50 bits per heavy atom. The van der Waals surface area contributed by atoms with Gasteiger partial charge in [-0.05, 0) is 24.3 Å². The van der Waals surface area contributed by atoms with E-state index >= 15 is 0 Å². The molecule has 9 heteroatoms. The molecule has 4 rings (SSSR count). The predicted molar refractivity (Wildman–Crippen MR) is 97.3 cm³/mol. The molecule has 0 amide bonds. The van der Waals surface area contributed by atoms with Gasteiger partial charge in [-0.2, -0.15) is 0 Å². The van der Waals surface area contributed by atoms with Crippen LogP contribution in [0, 0.1) is 10.1 Å². The number of rotatable bonds is 4. The van der Waals surface area contributed by atoms with Crippen molar-refractivity contribution in [2.75, 3.05) is 5.73 Å². The first-order valence-corrected chi connectivity index (χ1v) is 8.38. The van der Waals surface area contributed by atoms with E-state index < -0.39 is 4.92 Å². The largest absolute Gasteiger partial charge is 0.404 e. The van der Waals surface area contributed by atoms with Crippen LogP contribution in [0.4, 0.5) is 11.7 Å². The molecule has 8 nitrogen and oxygen atoms in total. The van der Waals surface area contributed by atoms with Gasteiger partial charge in [-0.15, -0.1) is 16.4 Å². The Morgan fingerprint density at radius 2 is 1.81 bits per heavy atom. The lowest BCUT2D eigenvalue weighted by molar-refractivity contribution is -0.384. The van der Waals surface area contributed by atoms with Gasteiger partial charge < -0.3 is 10.2 Å². The molecule has 0 aliphatic heterocycles. The Morgan fingerprint density at radius 1 is 1.04 bits per heavy atom. The molecule has 2 aromatic carbocycles. The highest BCUT2D eigenvalue weighted by Crippen LogP contribution is 2.31. The number of nitro benzene ring substituents is 1. The van der Waals surface area contributed by atoms with Crippen molar-refractivity contribution in [3.63, 3.8) is 0 Å². The summed E-state index contributed by atoms with van der Waals surface area (Å²) in [5.74, 6) is 0.344. The standard InChI is InChI=1S/C17H11N5O3S/c18-17-21-20-15(25-17)11-2-1-3-12(8-11)16-19-14(9-26-16)10-4-6-13(7-5-10)22(23)24/h1-9H,(H2,18,21). The lowest BCUT2D eigenvalue weighted by Crippen LogP contribution is -1.87. The third-order valence-corrected chi connectivity index (χ3v) is 4.57. The molecule has 26 heavy (non-hydrogen) atoms. The van der Waals surface area contributed by atoms with E-state index in [2.05, 4.69) is 15.2 Å². The normalized spacial score (nSPS) is 10.8. The van der Waals surface area contributed by atoms with Crippen LogP contribution in [0.15, 0.2) is 58.3 Å². The molecule has 128 valence electrons. The molecular weight excluding hydrogens is 354 g/mol. The van der Waals surface area contributed by atoms with Crippen molar-refractivity contribution in [3.8, 4) is 33.3 Å². The Kier molecular flexibility index (Phi) is 3.90. The molecular formula is C17H11N5O3S. The summed E-state index contributed by atoms with van der Waals surface area (Å²) in [6, 6.07) is 13.9. The Balaban J connectivity index is 1.65. The molecule has 0 saturated heterocycles. The average Bonchev–Trinajstić information content (AvgIpc) is 3.31. The Hall–Kier alpha value is -3.59. The summed E-state index contributed by atoms with van der Waals surface area (Å²) in [4.78, 5) is 15.0. The van der Waals surface area contributed by atoms with Crippen LogP contribution in [0.1, 0.15) is 0 Å². The van der Waals surface area contributed by atoms with E-state index in [1.807, 2.05) is 29.6 Å². The Bertz CT molecular complexity index is 1090. The smallest absolute Gasteiger partial charge is 0.313 e. The minimum absolute atomic E-state index is 0.0140. The van der Waals surface area contributed by atoms with E-state index in [4.69, 9.17) is 10.2 Å². The van der Waals surface area contributed by atoms with Gasteiger partial charge in [0.15, 0.2) is 0 Å². The number of hydrogen-bond donors (Lipinski definition) is 1. The summed E-state index contributed by atoms with van der Waals surface area (Å²) < 4.78 is 5.25. The molecule has 0 fully saturated rings. The molecule has 0 aliphatic carbocycles. The molecule has 2 heterocycles. The maximum Gasteiger partial charge on any atom is 0.313 e. The van der Waals surface area contributed by atoms with Gasteiger partial charge in [0.25, 0.3) is 5.69 Å². The molecule has 0 unspecified atom stereocenters. The first-order valence-electron chi connectivity index (χ1n) is 7.50. The molecule has 2 N–H and O–H groups in total. The van der Waals surface area contributed by atoms with Crippen LogP contribution in [-0.4, -0.2) is 20.1 Å². The number of nitrogens with zero attached hydrogens (tertiary/aromatic N) is 4. The highest BCUT2D eigenvalue weighted by Gasteiger charge is 2.12. The summed E-state index contributed by atoms with van der Waals surface area (Å²) in [6.07, 6.45) is 0. The third kappa shape index (κ3) is 3.03. The number of aromatic nitrogens is 3.